The Bertz CT molecular complexity index is 2070. The topological polar surface area (TPSA) is 26.0 Å². The van der Waals surface area contributed by atoms with Gasteiger partial charge >= 0.3 is 0 Å². The van der Waals surface area contributed by atoms with Crippen LogP contribution < -0.4 is 5.73 Å². The third-order valence-electron chi connectivity index (χ3n) is 7.76. The molecule has 0 atom stereocenters. The fourth-order valence-electron chi connectivity index (χ4n) is 5.99. The minimum Gasteiger partial charge on any atom is -0.398 e. The van der Waals surface area contributed by atoms with Crippen LogP contribution in [0.2, 0.25) is 10.0 Å². The molecule has 0 aliphatic rings. The van der Waals surface area contributed by atoms with E-state index in [1.807, 2.05) is 42.5 Å². The number of halogens is 2. The summed E-state index contributed by atoms with van der Waals surface area (Å²) in [7, 11) is 0. The van der Waals surface area contributed by atoms with E-state index in [2.05, 4.69) is 97.1 Å². The van der Waals surface area contributed by atoms with Crippen LogP contribution in [0.5, 0.6) is 0 Å². The van der Waals surface area contributed by atoms with Gasteiger partial charge in [-0.25, -0.2) is 0 Å². The molecule has 0 aliphatic heterocycles. The van der Waals surface area contributed by atoms with Crippen molar-refractivity contribution >= 4 is 50.4 Å². The zero-order valence-corrected chi connectivity index (χ0v) is 23.6. The Hall–Kier alpha value is -4.56. The van der Waals surface area contributed by atoms with Crippen molar-refractivity contribution < 1.29 is 0 Å². The molecule has 7 rings (SSSR count). The highest BCUT2D eigenvalue weighted by atomic mass is 35.5. The monoisotopic (exact) mass is 565 g/mol. The van der Waals surface area contributed by atoms with Crippen LogP contribution in [0.1, 0.15) is 0 Å². The molecule has 0 saturated carbocycles. The third kappa shape index (κ3) is 4.35. The van der Waals surface area contributed by atoms with Gasteiger partial charge in [-0.1, -0.05) is 145 Å². The second-order valence-electron chi connectivity index (χ2n) is 10.2. The first kappa shape index (κ1) is 25.4. The Balaban J connectivity index is 1.75. The Morgan fingerprint density at radius 1 is 0.390 bits per heavy atom. The van der Waals surface area contributed by atoms with Crippen molar-refractivity contribution in [1.29, 1.82) is 0 Å². The number of fused-ring (bicyclic) bond motifs is 2. The summed E-state index contributed by atoms with van der Waals surface area (Å²) in [6.45, 7) is 0. The summed E-state index contributed by atoms with van der Waals surface area (Å²) in [5.74, 6) is 0. The molecule has 0 spiro atoms. The average molecular weight is 567 g/mol. The van der Waals surface area contributed by atoms with Crippen molar-refractivity contribution in [2.75, 3.05) is 5.73 Å². The number of nitrogens with two attached hydrogens (primary N) is 1. The Morgan fingerprint density at radius 3 is 1.44 bits per heavy atom. The number of rotatable bonds is 4. The summed E-state index contributed by atoms with van der Waals surface area (Å²) in [4.78, 5) is 0. The second kappa shape index (κ2) is 10.4. The fourth-order valence-corrected chi connectivity index (χ4v) is 6.52. The molecule has 0 saturated heterocycles. The van der Waals surface area contributed by atoms with Crippen LogP contribution in [-0.4, -0.2) is 0 Å². The molecule has 196 valence electrons. The van der Waals surface area contributed by atoms with Crippen molar-refractivity contribution in [1.82, 2.24) is 0 Å². The van der Waals surface area contributed by atoms with Crippen LogP contribution in [-0.2, 0) is 0 Å². The van der Waals surface area contributed by atoms with Crippen LogP contribution in [0, 0.1) is 0 Å². The maximum absolute atomic E-state index is 7.17. The average Bonchev–Trinajstić information content (AvgIpc) is 3.01. The van der Waals surface area contributed by atoms with Crippen molar-refractivity contribution in [2.45, 2.75) is 0 Å². The Morgan fingerprint density at radius 2 is 0.854 bits per heavy atom. The summed E-state index contributed by atoms with van der Waals surface area (Å²) in [5, 5.41) is 5.69. The molecule has 0 heterocycles. The lowest BCUT2D eigenvalue weighted by Gasteiger charge is -2.25. The standard InChI is InChI=1S/C38H25Cl2N/c39-31-21-19-24-11-7-9-17-28(24)36(31)30-23-33(41)35(27-15-5-2-6-16-27)38(34(30)26-13-3-1-4-14-26)37-29-18-10-8-12-25(29)20-22-32(37)40/h1-23H,41H2. The number of benzene rings is 7. The largest absolute Gasteiger partial charge is 0.398 e. The van der Waals surface area contributed by atoms with E-state index in [0.29, 0.717) is 15.7 Å². The van der Waals surface area contributed by atoms with Gasteiger partial charge in [0.1, 0.15) is 0 Å². The normalized spacial score (nSPS) is 11.3. The van der Waals surface area contributed by atoms with Crippen molar-refractivity contribution in [3.8, 4) is 44.5 Å². The van der Waals surface area contributed by atoms with Gasteiger partial charge in [0.25, 0.3) is 0 Å². The van der Waals surface area contributed by atoms with Crippen LogP contribution in [0.3, 0.4) is 0 Å². The Labute approximate surface area is 249 Å². The molecular weight excluding hydrogens is 541 g/mol. The first-order valence-electron chi connectivity index (χ1n) is 13.5. The minimum atomic E-state index is 0.661. The maximum atomic E-state index is 7.17. The highest BCUT2D eigenvalue weighted by Crippen LogP contribution is 2.53. The van der Waals surface area contributed by atoms with Gasteiger partial charge in [-0.3, -0.25) is 0 Å². The molecule has 2 N–H and O–H groups in total. The lowest BCUT2D eigenvalue weighted by atomic mass is 9.80. The van der Waals surface area contributed by atoms with Crippen molar-refractivity contribution in [3.63, 3.8) is 0 Å². The van der Waals surface area contributed by atoms with Crippen LogP contribution in [0.4, 0.5) is 5.69 Å². The molecule has 0 unspecified atom stereocenters. The smallest absolute Gasteiger partial charge is 0.0491 e. The van der Waals surface area contributed by atoms with Crippen molar-refractivity contribution in [3.05, 3.63) is 150 Å². The summed E-state index contributed by atoms with van der Waals surface area (Å²) in [5.41, 5.74) is 15.7. The lowest BCUT2D eigenvalue weighted by molar-refractivity contribution is 1.55. The zero-order chi connectivity index (χ0) is 27.9. The molecule has 0 bridgehead atoms. The predicted molar refractivity (Wildman–Crippen MR) is 178 cm³/mol. The fraction of sp³-hybridized carbons (Fsp3) is 0. The molecule has 7 aromatic rings. The number of hydrogen-bond donors (Lipinski definition) is 1. The zero-order valence-electron chi connectivity index (χ0n) is 22.1. The lowest BCUT2D eigenvalue weighted by Crippen LogP contribution is -2.01. The molecule has 1 nitrogen and oxygen atoms in total. The van der Waals surface area contributed by atoms with Gasteiger partial charge in [-0.05, 0) is 62.0 Å². The van der Waals surface area contributed by atoms with Gasteiger partial charge in [0.2, 0.25) is 0 Å². The molecule has 3 heteroatoms. The highest BCUT2D eigenvalue weighted by molar-refractivity contribution is 6.37. The van der Waals surface area contributed by atoms with E-state index in [1.165, 1.54) is 0 Å². The van der Waals surface area contributed by atoms with Crippen molar-refractivity contribution in [2.24, 2.45) is 0 Å². The van der Waals surface area contributed by atoms with Gasteiger partial charge in [-0.2, -0.15) is 0 Å². The van der Waals surface area contributed by atoms with Gasteiger partial charge < -0.3 is 5.73 Å². The molecule has 0 amide bonds. The van der Waals surface area contributed by atoms with E-state index in [4.69, 9.17) is 28.9 Å². The van der Waals surface area contributed by atoms with E-state index < -0.39 is 0 Å². The summed E-state index contributed by atoms with van der Waals surface area (Å²) >= 11 is 14.2. The van der Waals surface area contributed by atoms with Gasteiger partial charge in [0.15, 0.2) is 0 Å². The SMILES string of the molecule is Nc1cc(-c2c(Cl)ccc3ccccc23)c(-c2ccccc2)c(-c2c(Cl)ccc3ccccc23)c1-c1ccccc1. The minimum absolute atomic E-state index is 0.661. The molecule has 7 aromatic carbocycles. The molecule has 0 radical (unpaired) electrons. The van der Waals surface area contributed by atoms with E-state index in [1.54, 1.807) is 0 Å². The van der Waals surface area contributed by atoms with Crippen LogP contribution in [0.25, 0.3) is 66.1 Å². The third-order valence-corrected chi connectivity index (χ3v) is 8.39. The van der Waals surface area contributed by atoms with E-state index in [9.17, 15) is 0 Å². The number of hydrogen-bond acceptors (Lipinski definition) is 1. The van der Waals surface area contributed by atoms with E-state index in [-0.39, 0.29) is 0 Å². The van der Waals surface area contributed by atoms with E-state index in [0.717, 1.165) is 66.1 Å². The van der Waals surface area contributed by atoms with E-state index >= 15 is 0 Å². The highest BCUT2D eigenvalue weighted by Gasteiger charge is 2.26. The molecule has 41 heavy (non-hydrogen) atoms. The number of nitrogen functional groups attached to an aromatic ring is 1. The molecular formula is C38H25Cl2N. The van der Waals surface area contributed by atoms with Gasteiger partial charge in [0, 0.05) is 38.0 Å². The molecule has 0 fully saturated rings. The van der Waals surface area contributed by atoms with Crippen LogP contribution in [0.15, 0.2) is 140 Å². The molecule has 0 aromatic heterocycles. The van der Waals surface area contributed by atoms with Crippen LogP contribution >= 0.6 is 23.2 Å². The summed E-state index contributed by atoms with van der Waals surface area (Å²) < 4.78 is 0. The molecule has 0 aliphatic carbocycles. The predicted octanol–water partition coefficient (Wildman–Crippen LogP) is 11.5. The second-order valence-corrected chi connectivity index (χ2v) is 11.0. The quantitative estimate of drug-likeness (QED) is 0.211. The number of anilines is 1. The van der Waals surface area contributed by atoms with Gasteiger partial charge in [-0.15, -0.1) is 0 Å². The summed E-state index contributed by atoms with van der Waals surface area (Å²) in [6.07, 6.45) is 0. The maximum Gasteiger partial charge on any atom is 0.0491 e. The first-order valence-corrected chi connectivity index (χ1v) is 14.3. The Kier molecular flexibility index (Phi) is 6.47. The summed E-state index contributed by atoms with van der Waals surface area (Å²) in [6, 6.07) is 47.6. The van der Waals surface area contributed by atoms with Gasteiger partial charge in [0.05, 0.1) is 0 Å². The first-order chi connectivity index (χ1) is 20.1.